The zero-order chi connectivity index (χ0) is 23.3. The van der Waals surface area contributed by atoms with Gasteiger partial charge in [0.05, 0.1) is 6.10 Å². The van der Waals surface area contributed by atoms with Crippen LogP contribution in [0.3, 0.4) is 0 Å². The van der Waals surface area contributed by atoms with Gasteiger partial charge in [-0.25, -0.2) is 0 Å². The van der Waals surface area contributed by atoms with E-state index in [0.717, 1.165) is 30.8 Å². The molecule has 2 heterocycles. The van der Waals surface area contributed by atoms with Crippen LogP contribution in [0, 0.1) is 0 Å². The predicted octanol–water partition coefficient (Wildman–Crippen LogP) is 4.10. The molecule has 0 spiro atoms. The lowest BCUT2D eigenvalue weighted by molar-refractivity contribution is -0.274. The molecule has 2 aromatic rings. The third-order valence-corrected chi connectivity index (χ3v) is 5.78. The number of alkyl halides is 3. The van der Waals surface area contributed by atoms with E-state index in [2.05, 4.69) is 9.64 Å². The lowest BCUT2D eigenvalue weighted by Gasteiger charge is -2.34. The van der Waals surface area contributed by atoms with Crippen molar-refractivity contribution in [3.63, 3.8) is 0 Å². The van der Waals surface area contributed by atoms with Gasteiger partial charge in [0, 0.05) is 44.9 Å². The molecule has 2 saturated heterocycles. The molecule has 2 aliphatic heterocycles. The third-order valence-electron chi connectivity index (χ3n) is 5.78. The highest BCUT2D eigenvalue weighted by Crippen LogP contribution is 2.23. The quantitative estimate of drug-likeness (QED) is 0.618. The summed E-state index contributed by atoms with van der Waals surface area (Å²) in [7, 11) is 0. The van der Waals surface area contributed by atoms with Crippen LogP contribution < -0.4 is 9.47 Å². The second kappa shape index (κ2) is 10.4. The van der Waals surface area contributed by atoms with Crippen LogP contribution >= 0.6 is 0 Å². The summed E-state index contributed by atoms with van der Waals surface area (Å²) in [5, 5.41) is 0. The SMILES string of the molecule is O=C(c1ccc(OCC2CCCO2)cc1)N1CCN(Cc2ccc(OC(F)(F)F)cc2)CC1. The minimum Gasteiger partial charge on any atom is -0.491 e. The van der Waals surface area contributed by atoms with Gasteiger partial charge in [0.2, 0.25) is 0 Å². The van der Waals surface area contributed by atoms with Crippen LogP contribution in [0.5, 0.6) is 11.5 Å². The number of halogens is 3. The first-order chi connectivity index (χ1) is 15.9. The number of nitrogens with zero attached hydrogens (tertiary/aromatic N) is 2. The van der Waals surface area contributed by atoms with E-state index in [1.165, 1.54) is 12.1 Å². The number of piperazine rings is 1. The zero-order valence-electron chi connectivity index (χ0n) is 18.2. The van der Waals surface area contributed by atoms with E-state index in [1.807, 2.05) is 17.0 Å². The third kappa shape index (κ3) is 6.85. The standard InChI is InChI=1S/C24H27F3N2O4/c25-24(26,27)33-21-7-3-18(4-8-21)16-28-11-13-29(14-12-28)23(30)19-5-9-20(10-6-19)32-17-22-2-1-15-31-22/h3-10,22H,1-2,11-17H2. The Bertz CT molecular complexity index is 905. The number of benzene rings is 2. The van der Waals surface area contributed by atoms with Gasteiger partial charge in [-0.1, -0.05) is 12.1 Å². The molecule has 0 aliphatic carbocycles. The summed E-state index contributed by atoms with van der Waals surface area (Å²) in [6.45, 7) is 4.47. The summed E-state index contributed by atoms with van der Waals surface area (Å²) in [4.78, 5) is 16.8. The first-order valence-corrected chi connectivity index (χ1v) is 11.1. The fourth-order valence-electron chi connectivity index (χ4n) is 4.01. The smallest absolute Gasteiger partial charge is 0.491 e. The van der Waals surface area contributed by atoms with E-state index in [9.17, 15) is 18.0 Å². The highest BCUT2D eigenvalue weighted by atomic mass is 19.4. The molecule has 2 fully saturated rings. The molecule has 178 valence electrons. The maximum Gasteiger partial charge on any atom is 0.573 e. The van der Waals surface area contributed by atoms with Crippen molar-refractivity contribution in [1.82, 2.24) is 9.80 Å². The summed E-state index contributed by atoms with van der Waals surface area (Å²) in [5.74, 6) is 0.470. The Labute approximate surface area is 190 Å². The fourth-order valence-corrected chi connectivity index (χ4v) is 4.01. The van der Waals surface area contributed by atoms with Gasteiger partial charge in [0.1, 0.15) is 18.1 Å². The van der Waals surface area contributed by atoms with E-state index in [-0.39, 0.29) is 17.8 Å². The minimum atomic E-state index is -4.69. The topological polar surface area (TPSA) is 51.2 Å². The number of hydrogen-bond acceptors (Lipinski definition) is 5. The van der Waals surface area contributed by atoms with Crippen molar-refractivity contribution < 1.29 is 32.2 Å². The summed E-state index contributed by atoms with van der Waals surface area (Å²) in [6, 6.07) is 13.1. The molecule has 4 rings (SSSR count). The summed E-state index contributed by atoms with van der Waals surface area (Å²) in [5.41, 5.74) is 1.51. The normalized spacial score (nSPS) is 19.5. The van der Waals surface area contributed by atoms with Gasteiger partial charge in [0.25, 0.3) is 5.91 Å². The molecular formula is C24H27F3N2O4. The number of carbonyl (C=O) groups excluding carboxylic acids is 1. The molecule has 2 aliphatic rings. The van der Waals surface area contributed by atoms with Crippen molar-refractivity contribution in [2.45, 2.75) is 31.9 Å². The molecule has 2 aromatic carbocycles. The van der Waals surface area contributed by atoms with E-state index in [1.54, 1.807) is 24.3 Å². The van der Waals surface area contributed by atoms with Crippen molar-refractivity contribution in [2.24, 2.45) is 0 Å². The van der Waals surface area contributed by atoms with Crippen LogP contribution in [-0.2, 0) is 11.3 Å². The van der Waals surface area contributed by atoms with E-state index in [0.29, 0.717) is 44.9 Å². The number of carbonyl (C=O) groups is 1. The average Bonchev–Trinajstić information content (AvgIpc) is 3.32. The number of ether oxygens (including phenoxy) is 3. The molecule has 6 nitrogen and oxygen atoms in total. The number of hydrogen-bond donors (Lipinski definition) is 0. The lowest BCUT2D eigenvalue weighted by Crippen LogP contribution is -2.48. The molecule has 9 heteroatoms. The van der Waals surface area contributed by atoms with Gasteiger partial charge in [0.15, 0.2) is 0 Å². The van der Waals surface area contributed by atoms with Gasteiger partial charge in [-0.2, -0.15) is 0 Å². The Morgan fingerprint density at radius 3 is 2.24 bits per heavy atom. The molecule has 0 aromatic heterocycles. The Hall–Kier alpha value is -2.78. The van der Waals surface area contributed by atoms with Crippen LogP contribution in [0.15, 0.2) is 48.5 Å². The zero-order valence-corrected chi connectivity index (χ0v) is 18.2. The first kappa shape index (κ1) is 23.4. The van der Waals surface area contributed by atoms with E-state index >= 15 is 0 Å². The van der Waals surface area contributed by atoms with Crippen LogP contribution in [-0.4, -0.2) is 67.6 Å². The van der Waals surface area contributed by atoms with Crippen molar-refractivity contribution >= 4 is 5.91 Å². The van der Waals surface area contributed by atoms with Crippen molar-refractivity contribution in [3.8, 4) is 11.5 Å². The lowest BCUT2D eigenvalue weighted by atomic mass is 10.1. The Morgan fingerprint density at radius 2 is 1.64 bits per heavy atom. The molecule has 1 unspecified atom stereocenters. The fraction of sp³-hybridized carbons (Fsp3) is 0.458. The van der Waals surface area contributed by atoms with Gasteiger partial charge in [-0.05, 0) is 54.8 Å². The maximum absolute atomic E-state index is 12.8. The number of amides is 1. The summed E-state index contributed by atoms with van der Waals surface area (Å²) >= 11 is 0. The Morgan fingerprint density at radius 1 is 0.970 bits per heavy atom. The predicted molar refractivity (Wildman–Crippen MR) is 115 cm³/mol. The van der Waals surface area contributed by atoms with Gasteiger partial charge >= 0.3 is 6.36 Å². The molecule has 0 bridgehead atoms. The highest BCUT2D eigenvalue weighted by molar-refractivity contribution is 5.94. The van der Waals surface area contributed by atoms with Gasteiger partial charge in [-0.15, -0.1) is 13.2 Å². The van der Waals surface area contributed by atoms with Crippen LogP contribution in [0.4, 0.5) is 13.2 Å². The van der Waals surface area contributed by atoms with Crippen LogP contribution in [0.1, 0.15) is 28.8 Å². The minimum absolute atomic E-state index is 0.0195. The van der Waals surface area contributed by atoms with Gasteiger partial charge < -0.3 is 19.1 Å². The highest BCUT2D eigenvalue weighted by Gasteiger charge is 2.31. The average molecular weight is 464 g/mol. The molecule has 33 heavy (non-hydrogen) atoms. The van der Waals surface area contributed by atoms with Crippen molar-refractivity contribution in [2.75, 3.05) is 39.4 Å². The summed E-state index contributed by atoms with van der Waals surface area (Å²) < 4.78 is 52.0. The van der Waals surface area contributed by atoms with E-state index < -0.39 is 6.36 Å². The monoisotopic (exact) mass is 464 g/mol. The molecule has 0 radical (unpaired) electrons. The maximum atomic E-state index is 12.8. The molecule has 0 N–H and O–H groups in total. The second-order valence-corrected chi connectivity index (χ2v) is 8.23. The molecular weight excluding hydrogens is 437 g/mol. The van der Waals surface area contributed by atoms with Gasteiger partial charge in [-0.3, -0.25) is 9.69 Å². The van der Waals surface area contributed by atoms with Crippen LogP contribution in [0.2, 0.25) is 0 Å². The summed E-state index contributed by atoms with van der Waals surface area (Å²) in [6.07, 6.45) is -2.46. The van der Waals surface area contributed by atoms with Crippen molar-refractivity contribution in [3.05, 3.63) is 59.7 Å². The molecule has 1 atom stereocenters. The second-order valence-electron chi connectivity index (χ2n) is 8.23. The first-order valence-electron chi connectivity index (χ1n) is 11.1. The largest absolute Gasteiger partial charge is 0.573 e. The van der Waals surface area contributed by atoms with Crippen molar-refractivity contribution in [1.29, 1.82) is 0 Å². The van der Waals surface area contributed by atoms with E-state index in [4.69, 9.17) is 9.47 Å². The van der Waals surface area contributed by atoms with Crippen LogP contribution in [0.25, 0.3) is 0 Å². The molecule has 0 saturated carbocycles. The molecule has 1 amide bonds. The number of rotatable bonds is 7. The Balaban J connectivity index is 1.22. The Kier molecular flexibility index (Phi) is 7.39.